The maximum atomic E-state index is 12.8. The highest BCUT2D eigenvalue weighted by molar-refractivity contribution is 7.87. The summed E-state index contributed by atoms with van der Waals surface area (Å²) in [6.45, 7) is 0.433. The van der Waals surface area contributed by atoms with Crippen molar-refractivity contribution >= 4 is 27.9 Å². The molecule has 4 N–H and O–H groups in total. The van der Waals surface area contributed by atoms with Crippen LogP contribution in [-0.4, -0.2) is 42.9 Å². The van der Waals surface area contributed by atoms with Gasteiger partial charge in [0.2, 0.25) is 5.91 Å². The molecule has 2 aromatic rings. The Morgan fingerprint density at radius 2 is 1.86 bits per heavy atom. The van der Waals surface area contributed by atoms with Crippen molar-refractivity contribution < 1.29 is 22.6 Å². The molecule has 29 heavy (non-hydrogen) atoms. The molecule has 0 saturated carbocycles. The van der Waals surface area contributed by atoms with Gasteiger partial charge < -0.3 is 15.5 Å². The van der Waals surface area contributed by atoms with Crippen LogP contribution in [0.3, 0.4) is 0 Å². The highest BCUT2D eigenvalue weighted by atomic mass is 32.2. The Bertz CT molecular complexity index is 1010. The van der Waals surface area contributed by atoms with Crippen LogP contribution in [0.1, 0.15) is 16.7 Å². The van der Waals surface area contributed by atoms with Gasteiger partial charge in [0.15, 0.2) is 0 Å². The fourth-order valence-corrected chi connectivity index (χ4v) is 3.71. The summed E-state index contributed by atoms with van der Waals surface area (Å²) in [6, 6.07) is 13.0. The second-order valence-electron chi connectivity index (χ2n) is 6.67. The van der Waals surface area contributed by atoms with Crippen LogP contribution in [0.2, 0.25) is 0 Å². The Hall–Kier alpha value is -3.11. The third-order valence-electron chi connectivity index (χ3n) is 4.68. The molecule has 0 saturated heterocycles. The minimum absolute atomic E-state index is 0.120. The molecule has 1 aliphatic rings. The van der Waals surface area contributed by atoms with Crippen molar-refractivity contribution in [3.63, 3.8) is 0 Å². The number of hydrogen-bond acceptors (Lipinski definition) is 4. The van der Waals surface area contributed by atoms with Gasteiger partial charge >= 0.3 is 16.3 Å². The lowest BCUT2D eigenvalue weighted by Crippen LogP contribution is -2.54. The largest absolute Gasteiger partial charge is 0.357 e. The lowest BCUT2D eigenvalue weighted by molar-refractivity contribution is -0.125. The van der Waals surface area contributed by atoms with Crippen molar-refractivity contribution in [2.45, 2.75) is 25.6 Å². The lowest BCUT2D eigenvalue weighted by Gasteiger charge is -2.36. The number of nitrogens with one attached hydrogen (secondary N) is 3. The van der Waals surface area contributed by atoms with E-state index in [1.54, 1.807) is 12.1 Å². The second kappa shape index (κ2) is 8.50. The molecular formula is C19H22N4O5S. The Morgan fingerprint density at radius 1 is 1.14 bits per heavy atom. The molecule has 154 valence electrons. The van der Waals surface area contributed by atoms with Crippen molar-refractivity contribution in [2.75, 3.05) is 11.8 Å². The van der Waals surface area contributed by atoms with Gasteiger partial charge in [-0.05, 0) is 28.8 Å². The maximum absolute atomic E-state index is 12.8. The fraction of sp³-hybridized carbons (Fsp3) is 0.263. The molecule has 0 bridgehead atoms. The molecule has 9 nitrogen and oxygen atoms in total. The van der Waals surface area contributed by atoms with Gasteiger partial charge in [0.1, 0.15) is 6.04 Å². The summed E-state index contributed by atoms with van der Waals surface area (Å²) < 4.78 is 33.1. The Labute approximate surface area is 169 Å². The first-order chi connectivity index (χ1) is 13.8. The number of likely N-dealkylation sites (N-methyl/N-ethyl adjacent to an activating group) is 1. The number of anilines is 1. The van der Waals surface area contributed by atoms with Gasteiger partial charge in [0.05, 0.1) is 5.69 Å². The van der Waals surface area contributed by atoms with E-state index in [1.165, 1.54) is 18.0 Å². The van der Waals surface area contributed by atoms with E-state index in [4.69, 9.17) is 4.55 Å². The number of rotatable bonds is 5. The summed E-state index contributed by atoms with van der Waals surface area (Å²) in [6.07, 6.45) is 0.292. The standard InChI is InChI=1S/C19H22N4O5S/c1-20-18(24)17-10-14-7-8-16(22-29(26,27)28)9-15(14)12-23(17)19(25)21-11-13-5-3-2-4-6-13/h2-9,17,22H,10-12H2,1H3,(H,20,24)(H,21,25)(H,26,27,28). The van der Waals surface area contributed by atoms with E-state index in [9.17, 15) is 18.0 Å². The molecule has 0 aromatic heterocycles. The SMILES string of the molecule is CNC(=O)C1Cc2ccc(NS(=O)(=O)O)cc2CN1C(=O)NCc1ccccc1. The minimum Gasteiger partial charge on any atom is -0.357 e. The monoisotopic (exact) mass is 418 g/mol. The molecule has 1 aliphatic heterocycles. The molecule has 2 aromatic carbocycles. The van der Waals surface area contributed by atoms with Crippen molar-refractivity contribution in [1.29, 1.82) is 0 Å². The molecule has 3 amide bonds. The highest BCUT2D eigenvalue weighted by Crippen LogP contribution is 2.27. The molecule has 1 heterocycles. The zero-order chi connectivity index (χ0) is 21.0. The van der Waals surface area contributed by atoms with E-state index in [0.717, 1.165) is 11.1 Å². The van der Waals surface area contributed by atoms with Gasteiger partial charge in [0.25, 0.3) is 0 Å². The molecule has 0 aliphatic carbocycles. The molecule has 10 heteroatoms. The molecule has 0 radical (unpaired) electrons. The molecule has 0 fully saturated rings. The third kappa shape index (κ3) is 5.24. The number of carbonyl (C=O) groups excluding carboxylic acids is 2. The van der Waals surface area contributed by atoms with E-state index < -0.39 is 22.4 Å². The fourth-order valence-electron chi connectivity index (χ4n) is 3.29. The van der Waals surface area contributed by atoms with Crippen LogP contribution in [-0.2, 0) is 34.6 Å². The number of nitrogens with zero attached hydrogens (tertiary/aromatic N) is 1. The van der Waals surface area contributed by atoms with Gasteiger partial charge in [-0.15, -0.1) is 0 Å². The third-order valence-corrected chi connectivity index (χ3v) is 5.17. The second-order valence-corrected chi connectivity index (χ2v) is 7.82. The average Bonchev–Trinajstić information content (AvgIpc) is 2.70. The summed E-state index contributed by atoms with van der Waals surface area (Å²) >= 11 is 0. The lowest BCUT2D eigenvalue weighted by atomic mass is 9.93. The van der Waals surface area contributed by atoms with Gasteiger partial charge in [-0.3, -0.25) is 14.1 Å². The summed E-state index contributed by atoms with van der Waals surface area (Å²) in [4.78, 5) is 26.6. The van der Waals surface area contributed by atoms with E-state index in [2.05, 4.69) is 10.6 Å². The van der Waals surface area contributed by atoms with Crippen LogP contribution >= 0.6 is 0 Å². The van der Waals surface area contributed by atoms with Crippen molar-refractivity contribution in [1.82, 2.24) is 15.5 Å². The van der Waals surface area contributed by atoms with Crippen molar-refractivity contribution in [3.8, 4) is 0 Å². The number of hydrogen-bond donors (Lipinski definition) is 4. The molecular weight excluding hydrogens is 396 g/mol. The summed E-state index contributed by atoms with van der Waals surface area (Å²) in [5.74, 6) is -0.286. The smallest absolute Gasteiger partial charge is 0.357 e. The van der Waals surface area contributed by atoms with Gasteiger partial charge in [-0.2, -0.15) is 8.42 Å². The number of fused-ring (bicyclic) bond motifs is 1. The van der Waals surface area contributed by atoms with E-state index in [0.29, 0.717) is 18.5 Å². The van der Waals surface area contributed by atoms with E-state index >= 15 is 0 Å². The predicted octanol–water partition coefficient (Wildman–Crippen LogP) is 1.28. The van der Waals surface area contributed by atoms with Gasteiger partial charge in [0, 0.05) is 26.6 Å². The van der Waals surface area contributed by atoms with Crippen LogP contribution in [0, 0.1) is 0 Å². The first-order valence-corrected chi connectivity index (χ1v) is 10.4. The topological polar surface area (TPSA) is 128 Å². The van der Waals surface area contributed by atoms with E-state index in [-0.39, 0.29) is 18.1 Å². The van der Waals surface area contributed by atoms with Crippen LogP contribution in [0.4, 0.5) is 10.5 Å². The normalized spacial score (nSPS) is 15.9. The Kier molecular flexibility index (Phi) is 6.04. The Balaban J connectivity index is 1.82. The number of benzene rings is 2. The zero-order valence-electron chi connectivity index (χ0n) is 15.8. The summed E-state index contributed by atoms with van der Waals surface area (Å²) in [5, 5.41) is 5.40. The molecule has 3 rings (SSSR count). The van der Waals surface area contributed by atoms with Crippen molar-refractivity contribution in [3.05, 3.63) is 65.2 Å². The number of urea groups is 1. The van der Waals surface area contributed by atoms with Crippen molar-refractivity contribution in [2.24, 2.45) is 0 Å². The molecule has 0 spiro atoms. The Morgan fingerprint density at radius 3 is 2.52 bits per heavy atom. The first-order valence-electron chi connectivity index (χ1n) is 8.94. The van der Waals surface area contributed by atoms with Crippen LogP contribution < -0.4 is 15.4 Å². The minimum atomic E-state index is -4.41. The highest BCUT2D eigenvalue weighted by Gasteiger charge is 2.34. The average molecular weight is 418 g/mol. The van der Waals surface area contributed by atoms with Crippen LogP contribution in [0.5, 0.6) is 0 Å². The number of amides is 3. The first kappa shape index (κ1) is 20.6. The number of carbonyl (C=O) groups is 2. The van der Waals surface area contributed by atoms with Crippen LogP contribution in [0.15, 0.2) is 48.5 Å². The molecule has 1 unspecified atom stereocenters. The maximum Gasteiger partial charge on any atom is 0.357 e. The quantitative estimate of drug-likeness (QED) is 0.544. The van der Waals surface area contributed by atoms with Gasteiger partial charge in [-0.25, -0.2) is 4.79 Å². The summed E-state index contributed by atoms with van der Waals surface area (Å²) in [7, 11) is -2.90. The van der Waals surface area contributed by atoms with Gasteiger partial charge in [-0.1, -0.05) is 36.4 Å². The zero-order valence-corrected chi connectivity index (χ0v) is 16.6. The summed E-state index contributed by atoms with van der Waals surface area (Å²) in [5.41, 5.74) is 2.61. The predicted molar refractivity (Wildman–Crippen MR) is 107 cm³/mol. The molecule has 1 atom stereocenters. The van der Waals surface area contributed by atoms with E-state index in [1.807, 2.05) is 35.1 Å². The van der Waals surface area contributed by atoms with Crippen LogP contribution in [0.25, 0.3) is 0 Å².